The van der Waals surface area contributed by atoms with E-state index in [1.165, 1.54) is 0 Å². The van der Waals surface area contributed by atoms with E-state index in [0.717, 1.165) is 45.4 Å². The lowest BCUT2D eigenvalue weighted by Gasteiger charge is -2.21. The van der Waals surface area contributed by atoms with Gasteiger partial charge in [-0.05, 0) is 25.8 Å². The zero-order valence-corrected chi connectivity index (χ0v) is 10.2. The number of nitrogens with one attached hydrogen (secondary N) is 1. The SMILES string of the molecule is CCCCOCCOC(=O)[C@H]1CCCNC1. The van der Waals surface area contributed by atoms with Crippen LogP contribution in [-0.2, 0) is 14.3 Å². The summed E-state index contributed by atoms with van der Waals surface area (Å²) in [4.78, 5) is 11.6. The summed E-state index contributed by atoms with van der Waals surface area (Å²) in [5.74, 6) is -0.0318. The lowest BCUT2D eigenvalue weighted by atomic mass is 10.0. The highest BCUT2D eigenvalue weighted by Gasteiger charge is 2.21. The Balaban J connectivity index is 1.97. The summed E-state index contributed by atoms with van der Waals surface area (Å²) < 4.78 is 10.5. The molecule has 0 aromatic heterocycles. The van der Waals surface area contributed by atoms with Crippen LogP contribution < -0.4 is 5.32 Å². The third-order valence-corrected chi connectivity index (χ3v) is 2.74. The fraction of sp³-hybridized carbons (Fsp3) is 0.917. The van der Waals surface area contributed by atoms with Crippen LogP contribution in [0.4, 0.5) is 0 Å². The molecule has 0 unspecified atom stereocenters. The molecule has 94 valence electrons. The minimum absolute atomic E-state index is 0.0457. The van der Waals surface area contributed by atoms with Gasteiger partial charge in [0.05, 0.1) is 12.5 Å². The van der Waals surface area contributed by atoms with E-state index in [1.807, 2.05) is 0 Å². The summed E-state index contributed by atoms with van der Waals surface area (Å²) in [6.07, 6.45) is 4.21. The number of piperidine rings is 1. The minimum Gasteiger partial charge on any atom is -0.463 e. The Morgan fingerprint density at radius 2 is 2.25 bits per heavy atom. The van der Waals surface area contributed by atoms with Crippen LogP contribution in [0.2, 0.25) is 0 Å². The van der Waals surface area contributed by atoms with Crippen molar-refractivity contribution in [2.24, 2.45) is 5.92 Å². The normalized spacial score (nSPS) is 20.7. The van der Waals surface area contributed by atoms with Gasteiger partial charge in [0.25, 0.3) is 0 Å². The Morgan fingerprint density at radius 3 is 2.94 bits per heavy atom. The van der Waals surface area contributed by atoms with Crippen molar-refractivity contribution in [1.29, 1.82) is 0 Å². The standard InChI is InChI=1S/C12H23NO3/c1-2-3-7-15-8-9-16-12(14)11-5-4-6-13-10-11/h11,13H,2-10H2,1H3/t11-/m0/s1. The zero-order valence-electron chi connectivity index (χ0n) is 10.2. The Morgan fingerprint density at radius 1 is 1.38 bits per heavy atom. The van der Waals surface area contributed by atoms with Crippen LogP contribution in [0, 0.1) is 5.92 Å². The van der Waals surface area contributed by atoms with E-state index >= 15 is 0 Å². The van der Waals surface area contributed by atoms with Gasteiger partial charge in [-0.2, -0.15) is 0 Å². The number of hydrogen-bond donors (Lipinski definition) is 1. The first-order chi connectivity index (χ1) is 7.84. The molecule has 0 saturated carbocycles. The molecule has 0 amide bonds. The lowest BCUT2D eigenvalue weighted by molar-refractivity contribution is -0.150. The van der Waals surface area contributed by atoms with Crippen LogP contribution in [0.15, 0.2) is 0 Å². The van der Waals surface area contributed by atoms with Crippen molar-refractivity contribution < 1.29 is 14.3 Å². The van der Waals surface area contributed by atoms with Crippen molar-refractivity contribution in [2.75, 3.05) is 32.9 Å². The van der Waals surface area contributed by atoms with Gasteiger partial charge in [-0.25, -0.2) is 0 Å². The van der Waals surface area contributed by atoms with E-state index in [4.69, 9.17) is 9.47 Å². The van der Waals surface area contributed by atoms with Crippen LogP contribution in [0.3, 0.4) is 0 Å². The summed E-state index contributed by atoms with van der Waals surface area (Å²) in [6, 6.07) is 0. The van der Waals surface area contributed by atoms with Crippen molar-refractivity contribution in [3.63, 3.8) is 0 Å². The zero-order chi connectivity index (χ0) is 11.6. The molecule has 1 rings (SSSR count). The number of carbonyl (C=O) groups is 1. The van der Waals surface area contributed by atoms with E-state index in [1.54, 1.807) is 0 Å². The molecule has 0 radical (unpaired) electrons. The van der Waals surface area contributed by atoms with Crippen molar-refractivity contribution in [3.05, 3.63) is 0 Å². The first-order valence-corrected chi connectivity index (χ1v) is 6.29. The number of hydrogen-bond acceptors (Lipinski definition) is 4. The summed E-state index contributed by atoms with van der Waals surface area (Å²) in [6.45, 7) is 5.57. The highest BCUT2D eigenvalue weighted by molar-refractivity contribution is 5.72. The van der Waals surface area contributed by atoms with Gasteiger partial charge in [-0.3, -0.25) is 4.79 Å². The highest BCUT2D eigenvalue weighted by atomic mass is 16.6. The molecule has 0 aromatic carbocycles. The van der Waals surface area contributed by atoms with Crippen LogP contribution in [0.25, 0.3) is 0 Å². The summed E-state index contributed by atoms with van der Waals surface area (Å²) in [5.41, 5.74) is 0. The van der Waals surface area contributed by atoms with Crippen LogP contribution in [-0.4, -0.2) is 38.9 Å². The largest absolute Gasteiger partial charge is 0.463 e. The Bertz CT molecular complexity index is 191. The predicted molar refractivity (Wildman–Crippen MR) is 62.3 cm³/mol. The molecule has 1 aliphatic rings. The molecule has 1 atom stereocenters. The van der Waals surface area contributed by atoms with Crippen molar-refractivity contribution in [1.82, 2.24) is 5.32 Å². The summed E-state index contributed by atoms with van der Waals surface area (Å²) in [7, 11) is 0. The Kier molecular flexibility index (Phi) is 7.17. The predicted octanol–water partition coefficient (Wildman–Crippen LogP) is 1.35. The summed E-state index contributed by atoms with van der Waals surface area (Å²) >= 11 is 0. The third-order valence-electron chi connectivity index (χ3n) is 2.74. The first kappa shape index (κ1) is 13.5. The Hall–Kier alpha value is -0.610. The van der Waals surface area contributed by atoms with Crippen molar-refractivity contribution >= 4 is 5.97 Å². The monoisotopic (exact) mass is 229 g/mol. The molecule has 0 bridgehead atoms. The van der Waals surface area contributed by atoms with Gasteiger partial charge in [0.15, 0.2) is 0 Å². The van der Waals surface area contributed by atoms with Crippen LogP contribution in [0.1, 0.15) is 32.6 Å². The molecule has 1 heterocycles. The van der Waals surface area contributed by atoms with E-state index < -0.39 is 0 Å². The molecule has 16 heavy (non-hydrogen) atoms. The fourth-order valence-electron chi connectivity index (χ4n) is 1.72. The topological polar surface area (TPSA) is 47.6 Å². The maximum atomic E-state index is 11.6. The minimum atomic E-state index is -0.0775. The number of unbranched alkanes of at least 4 members (excludes halogenated alkanes) is 1. The van der Waals surface area contributed by atoms with Gasteiger partial charge in [-0.1, -0.05) is 13.3 Å². The van der Waals surface area contributed by atoms with Gasteiger partial charge in [-0.15, -0.1) is 0 Å². The van der Waals surface area contributed by atoms with Gasteiger partial charge >= 0.3 is 5.97 Å². The van der Waals surface area contributed by atoms with Gasteiger partial charge in [0.1, 0.15) is 6.61 Å². The molecule has 4 nitrogen and oxygen atoms in total. The second kappa shape index (κ2) is 8.53. The average molecular weight is 229 g/mol. The van der Waals surface area contributed by atoms with Crippen molar-refractivity contribution in [2.45, 2.75) is 32.6 Å². The summed E-state index contributed by atoms with van der Waals surface area (Å²) in [5, 5.41) is 3.20. The fourth-order valence-corrected chi connectivity index (χ4v) is 1.72. The van der Waals surface area contributed by atoms with E-state index in [9.17, 15) is 4.79 Å². The number of ether oxygens (including phenoxy) is 2. The molecular weight excluding hydrogens is 206 g/mol. The maximum Gasteiger partial charge on any atom is 0.310 e. The van der Waals surface area contributed by atoms with Crippen LogP contribution in [0.5, 0.6) is 0 Å². The number of carbonyl (C=O) groups excluding carboxylic acids is 1. The highest BCUT2D eigenvalue weighted by Crippen LogP contribution is 2.11. The molecule has 0 aromatic rings. The first-order valence-electron chi connectivity index (χ1n) is 6.29. The lowest BCUT2D eigenvalue weighted by Crippen LogP contribution is -2.35. The number of esters is 1. The molecule has 0 spiro atoms. The second-order valence-electron chi connectivity index (χ2n) is 4.18. The maximum absolute atomic E-state index is 11.6. The molecule has 0 aliphatic carbocycles. The van der Waals surface area contributed by atoms with Gasteiger partial charge in [0, 0.05) is 13.2 Å². The molecule has 1 aliphatic heterocycles. The molecule has 1 fully saturated rings. The van der Waals surface area contributed by atoms with Gasteiger partial charge < -0.3 is 14.8 Å². The van der Waals surface area contributed by atoms with E-state index in [-0.39, 0.29) is 11.9 Å². The second-order valence-corrected chi connectivity index (χ2v) is 4.18. The molecule has 4 heteroatoms. The molecule has 1 N–H and O–H groups in total. The smallest absolute Gasteiger partial charge is 0.310 e. The van der Waals surface area contributed by atoms with E-state index in [2.05, 4.69) is 12.2 Å². The third kappa shape index (κ3) is 5.47. The van der Waals surface area contributed by atoms with E-state index in [0.29, 0.717) is 13.2 Å². The Labute approximate surface area is 97.7 Å². The molecular formula is C12H23NO3. The van der Waals surface area contributed by atoms with Gasteiger partial charge in [0.2, 0.25) is 0 Å². The average Bonchev–Trinajstić information content (AvgIpc) is 2.34. The molecule has 1 saturated heterocycles. The van der Waals surface area contributed by atoms with Crippen LogP contribution >= 0.6 is 0 Å². The van der Waals surface area contributed by atoms with Crippen molar-refractivity contribution in [3.8, 4) is 0 Å². The number of rotatable bonds is 7. The quantitative estimate of drug-likeness (QED) is 0.529.